The van der Waals surface area contributed by atoms with Crippen molar-refractivity contribution in [3.05, 3.63) is 19.0 Å². The molecule has 13 nitrogen and oxygen atoms in total. The molecule has 3 aliphatic carbocycles. The van der Waals surface area contributed by atoms with Crippen LogP contribution < -0.4 is 16.0 Å². The zero-order valence-corrected chi connectivity index (χ0v) is 32.9. The molecule has 5 aliphatic rings. The Hall–Kier alpha value is -3.23. The van der Waals surface area contributed by atoms with Crippen molar-refractivity contribution in [3.8, 4) is 0 Å². The van der Waals surface area contributed by atoms with E-state index >= 15 is 0 Å². The molecule has 2 saturated heterocycles. The first-order valence-electron chi connectivity index (χ1n) is 19.6. The molecular formula is C39H58N8O5S. The Labute approximate surface area is 317 Å². The van der Waals surface area contributed by atoms with Crippen LogP contribution in [0.3, 0.4) is 0 Å². The van der Waals surface area contributed by atoms with Gasteiger partial charge in [-0.05, 0) is 62.8 Å². The molecule has 0 radical (unpaired) electrons. The van der Waals surface area contributed by atoms with E-state index in [1.807, 2.05) is 29.5 Å². The Morgan fingerprint density at radius 1 is 1.17 bits per heavy atom. The van der Waals surface area contributed by atoms with Crippen molar-refractivity contribution >= 4 is 52.4 Å². The van der Waals surface area contributed by atoms with E-state index in [9.17, 15) is 19.5 Å². The molecule has 1 amide bonds. The number of nitrogens with zero attached hydrogens (tertiary/aromatic N) is 6. The summed E-state index contributed by atoms with van der Waals surface area (Å²) >= 11 is 1.60. The first kappa shape index (κ1) is 38.1. The van der Waals surface area contributed by atoms with Crippen LogP contribution in [0, 0.1) is 34.0 Å². The SMILES string of the molecule is C=C[C@]1(C)C[C@@H](OC(=O)CSC2CCN(C(=O)CCn3cnc4c(N5CC(NC)C5)nc(N)nc43)CC2)[C@]2(C)[C@H](C)CC[C@]3(CCC(=O)[C@@H]32)[C@@H](C)[C@@H]1O. The molecule has 0 spiro atoms. The minimum atomic E-state index is -0.684. The molecule has 8 atom stereocenters. The fourth-order valence-corrected chi connectivity index (χ4v) is 11.7. The van der Waals surface area contributed by atoms with E-state index in [2.05, 4.69) is 52.5 Å². The van der Waals surface area contributed by atoms with E-state index < -0.39 is 23.0 Å². The Morgan fingerprint density at radius 3 is 2.60 bits per heavy atom. The lowest BCUT2D eigenvalue weighted by Gasteiger charge is -2.61. The molecule has 4 heterocycles. The number of nitrogens with one attached hydrogen (secondary N) is 1. The highest BCUT2D eigenvalue weighted by Crippen LogP contribution is 2.68. The number of fused-ring (bicyclic) bond motifs is 1. The number of rotatable bonds is 10. The number of carbonyl (C=O) groups is 3. The summed E-state index contributed by atoms with van der Waals surface area (Å²) in [6, 6.07) is 0.405. The predicted octanol–water partition coefficient (Wildman–Crippen LogP) is 3.84. The monoisotopic (exact) mass is 750 g/mol. The van der Waals surface area contributed by atoms with Gasteiger partial charge in [0.2, 0.25) is 11.9 Å². The number of imidazole rings is 1. The fraction of sp³-hybridized carbons (Fsp3) is 0.744. The van der Waals surface area contributed by atoms with Crippen molar-refractivity contribution in [2.24, 2.45) is 34.0 Å². The van der Waals surface area contributed by atoms with Gasteiger partial charge in [0.1, 0.15) is 11.9 Å². The number of likely N-dealkylation sites (tertiary alicyclic amines) is 1. The molecule has 2 aromatic rings. The zero-order valence-electron chi connectivity index (χ0n) is 32.1. The largest absolute Gasteiger partial charge is 0.461 e. The molecule has 2 bridgehead atoms. The van der Waals surface area contributed by atoms with Crippen LogP contribution in [0.1, 0.15) is 79.1 Å². The average molecular weight is 751 g/mol. The van der Waals surface area contributed by atoms with Crippen LogP contribution in [-0.2, 0) is 25.7 Å². The van der Waals surface area contributed by atoms with Crippen LogP contribution in [0.25, 0.3) is 11.2 Å². The Bertz CT molecular complexity index is 1740. The number of nitrogens with two attached hydrogens (primary N) is 1. The lowest BCUT2D eigenvalue weighted by molar-refractivity contribution is -0.205. The van der Waals surface area contributed by atoms with Crippen LogP contribution in [0.5, 0.6) is 0 Å². The lowest BCUT2D eigenvalue weighted by atomic mass is 9.44. The maximum atomic E-state index is 13.7. The third kappa shape index (κ3) is 6.53. The lowest BCUT2D eigenvalue weighted by Crippen LogP contribution is -2.63. The summed E-state index contributed by atoms with van der Waals surface area (Å²) in [4.78, 5) is 58.2. The number of likely N-dealkylation sites (N-methyl/N-ethyl adjacent to an activating group) is 1. The molecule has 3 saturated carbocycles. The number of esters is 1. The number of thioether (sulfide) groups is 1. The molecule has 4 N–H and O–H groups in total. The van der Waals surface area contributed by atoms with Gasteiger partial charge in [-0.2, -0.15) is 9.97 Å². The minimum absolute atomic E-state index is 0.0615. The fourth-order valence-electron chi connectivity index (χ4n) is 10.7. The van der Waals surface area contributed by atoms with Gasteiger partial charge in [-0.15, -0.1) is 18.3 Å². The van der Waals surface area contributed by atoms with Gasteiger partial charge in [-0.1, -0.05) is 33.8 Å². The second kappa shape index (κ2) is 14.4. The van der Waals surface area contributed by atoms with Crippen molar-refractivity contribution in [2.45, 2.75) is 109 Å². The topological polar surface area (TPSA) is 169 Å². The molecular weight excluding hydrogens is 693 g/mol. The number of piperidine rings is 1. The summed E-state index contributed by atoms with van der Waals surface area (Å²) < 4.78 is 8.33. The van der Waals surface area contributed by atoms with Gasteiger partial charge in [-0.25, -0.2) is 4.98 Å². The number of anilines is 2. The van der Waals surface area contributed by atoms with E-state index in [4.69, 9.17) is 10.5 Å². The molecule has 2 aromatic heterocycles. The first-order chi connectivity index (χ1) is 25.2. The number of ketones is 1. The van der Waals surface area contributed by atoms with Gasteiger partial charge in [0.05, 0.1) is 18.2 Å². The van der Waals surface area contributed by atoms with E-state index in [1.165, 1.54) is 0 Å². The zero-order chi connectivity index (χ0) is 37.9. The summed E-state index contributed by atoms with van der Waals surface area (Å²) in [6.07, 6.45) is 7.86. The van der Waals surface area contributed by atoms with Gasteiger partial charge in [0.15, 0.2) is 17.0 Å². The van der Waals surface area contributed by atoms with E-state index in [-0.39, 0.29) is 57.8 Å². The van der Waals surface area contributed by atoms with Crippen molar-refractivity contribution in [1.82, 2.24) is 29.7 Å². The smallest absolute Gasteiger partial charge is 0.316 e. The highest BCUT2D eigenvalue weighted by atomic mass is 32.2. The summed E-state index contributed by atoms with van der Waals surface area (Å²) in [7, 11) is 1.95. The van der Waals surface area contributed by atoms with Crippen molar-refractivity contribution in [2.75, 3.05) is 49.6 Å². The highest BCUT2D eigenvalue weighted by Gasteiger charge is 2.68. The van der Waals surface area contributed by atoms with Gasteiger partial charge in [-0.3, -0.25) is 14.4 Å². The average Bonchev–Trinajstić information content (AvgIpc) is 3.70. The van der Waals surface area contributed by atoms with Gasteiger partial charge in [0, 0.05) is 73.6 Å². The number of amides is 1. The number of carbonyl (C=O) groups excluding carboxylic acids is 3. The van der Waals surface area contributed by atoms with E-state index in [0.717, 1.165) is 51.0 Å². The third-order valence-corrected chi connectivity index (χ3v) is 15.8. The van der Waals surface area contributed by atoms with Gasteiger partial charge < -0.3 is 35.3 Å². The normalized spacial score (nSPS) is 35.1. The number of aromatic nitrogens is 4. The highest BCUT2D eigenvalue weighted by molar-refractivity contribution is 8.00. The number of aliphatic hydroxyl groups is 1. The predicted molar refractivity (Wildman–Crippen MR) is 206 cm³/mol. The molecule has 0 aromatic carbocycles. The molecule has 0 unspecified atom stereocenters. The summed E-state index contributed by atoms with van der Waals surface area (Å²) in [6.45, 7) is 16.0. The molecule has 2 aliphatic heterocycles. The Kier molecular flexibility index (Phi) is 10.4. The summed E-state index contributed by atoms with van der Waals surface area (Å²) in [5, 5.41) is 15.3. The molecule has 53 heavy (non-hydrogen) atoms. The third-order valence-electron chi connectivity index (χ3n) is 14.4. The Balaban J connectivity index is 0.937. The number of Topliss-reactive ketones (excluding diaryl/α,β-unsaturated/α-hetero) is 1. The number of hydrogen-bond acceptors (Lipinski definition) is 12. The molecule has 14 heteroatoms. The van der Waals surface area contributed by atoms with Gasteiger partial charge >= 0.3 is 5.97 Å². The summed E-state index contributed by atoms with van der Waals surface area (Å²) in [5.74, 6) is 1.08. The standard InChI is InChI=1S/C39H58N8O5S/c1-7-37(4)18-28(38(5)23(2)8-13-39(24(3)33(37)51)14-9-27(48)32(38)39)52-30(50)21-53-26-10-15-45(16-11-26)29(49)12-17-46-22-42-31-34(46)43-36(40)44-35(31)47-19-25(20-47)41-6/h7,22-26,28,32-33,41,51H,1,8-21H2,2-6H3,(H2,40,43,44)/t23-,24+,28-,32-,33+,37-,38+,39+/m1/s1. The molecule has 5 fully saturated rings. The van der Waals surface area contributed by atoms with Crippen LogP contribution >= 0.6 is 11.8 Å². The number of hydrogen-bond donors (Lipinski definition) is 3. The van der Waals surface area contributed by atoms with Crippen molar-refractivity contribution in [3.63, 3.8) is 0 Å². The number of aryl methyl sites for hydroxylation is 1. The number of ether oxygens (including phenoxy) is 1. The number of aliphatic hydroxyl groups excluding tert-OH is 1. The van der Waals surface area contributed by atoms with Gasteiger partial charge in [0.25, 0.3) is 0 Å². The van der Waals surface area contributed by atoms with E-state index in [1.54, 1.807) is 18.1 Å². The van der Waals surface area contributed by atoms with Crippen LogP contribution in [-0.4, -0.2) is 110 Å². The molecule has 290 valence electrons. The second-order valence-corrected chi connectivity index (χ2v) is 18.4. The maximum Gasteiger partial charge on any atom is 0.316 e. The minimum Gasteiger partial charge on any atom is -0.461 e. The van der Waals surface area contributed by atoms with Crippen molar-refractivity contribution < 1.29 is 24.2 Å². The van der Waals surface area contributed by atoms with Crippen LogP contribution in [0.4, 0.5) is 11.8 Å². The van der Waals surface area contributed by atoms with Crippen LogP contribution in [0.2, 0.25) is 0 Å². The second-order valence-electron chi connectivity index (χ2n) is 17.1. The number of nitrogen functional groups attached to an aromatic ring is 1. The van der Waals surface area contributed by atoms with E-state index in [0.29, 0.717) is 56.1 Å². The maximum absolute atomic E-state index is 13.7. The summed E-state index contributed by atoms with van der Waals surface area (Å²) in [5.41, 5.74) is 5.92. The first-order valence-corrected chi connectivity index (χ1v) is 20.6. The van der Waals surface area contributed by atoms with Crippen LogP contribution in [0.15, 0.2) is 19.0 Å². The Morgan fingerprint density at radius 2 is 1.91 bits per heavy atom. The molecule has 7 rings (SSSR count). The van der Waals surface area contributed by atoms with Crippen molar-refractivity contribution in [1.29, 1.82) is 0 Å². The quantitative estimate of drug-likeness (QED) is 0.238.